The molecule has 0 spiro atoms. The molecule has 2 heteroatoms. The molecule has 0 saturated carbocycles. The Hall–Kier alpha value is -1.57. The van der Waals surface area contributed by atoms with Gasteiger partial charge in [0.05, 0.1) is 6.61 Å². The molecule has 0 bridgehead atoms. The first kappa shape index (κ1) is 24.4. The summed E-state index contributed by atoms with van der Waals surface area (Å²) in [4.78, 5) is 11.2. The third-order valence-electron chi connectivity index (χ3n) is 4.01. The molecular weight excluding hydrogens is 320 g/mol. The molecule has 26 heavy (non-hydrogen) atoms. The van der Waals surface area contributed by atoms with Gasteiger partial charge in [-0.2, -0.15) is 0 Å². The van der Waals surface area contributed by atoms with Crippen molar-refractivity contribution in [1.29, 1.82) is 0 Å². The number of carbonyl (C=O) groups excluding carboxylic acids is 1. The summed E-state index contributed by atoms with van der Waals surface area (Å²) in [6.07, 6.45) is 31.1. The molecule has 2 nitrogen and oxygen atoms in total. The first-order valence-electron chi connectivity index (χ1n) is 10.6. The lowest BCUT2D eigenvalue weighted by Gasteiger charge is -2.00. The van der Waals surface area contributed by atoms with Gasteiger partial charge < -0.3 is 4.74 Å². The first-order valence-corrected chi connectivity index (χ1v) is 10.6. The third kappa shape index (κ3) is 20.5. The van der Waals surface area contributed by atoms with Gasteiger partial charge in [0, 0.05) is 6.42 Å². The van der Waals surface area contributed by atoms with Crippen molar-refractivity contribution in [2.45, 2.75) is 90.9 Å². The number of esters is 1. The van der Waals surface area contributed by atoms with E-state index in [2.05, 4.69) is 55.5 Å². The van der Waals surface area contributed by atoms with E-state index < -0.39 is 0 Å². The van der Waals surface area contributed by atoms with Crippen LogP contribution in [0.25, 0.3) is 0 Å². The normalized spacial score (nSPS) is 12.2. The Kier molecular flexibility index (Phi) is 20.2. The molecule has 0 rings (SSSR count). The molecule has 0 radical (unpaired) electrons. The lowest BCUT2D eigenvalue weighted by molar-refractivity contribution is -0.143. The molecule has 0 aromatic rings. The predicted octanol–water partition coefficient (Wildman–Crippen LogP) is 7.48. The van der Waals surface area contributed by atoms with Gasteiger partial charge in [0.25, 0.3) is 0 Å². The highest BCUT2D eigenvalue weighted by Crippen LogP contribution is 2.05. The fourth-order valence-corrected chi connectivity index (χ4v) is 2.50. The minimum Gasteiger partial charge on any atom is -0.466 e. The molecule has 0 aliphatic rings. The second kappa shape index (κ2) is 21.5. The van der Waals surface area contributed by atoms with Crippen LogP contribution in [0.15, 0.2) is 48.6 Å². The van der Waals surface area contributed by atoms with Crippen LogP contribution in [0.3, 0.4) is 0 Å². The van der Waals surface area contributed by atoms with Crippen LogP contribution < -0.4 is 0 Å². The average Bonchev–Trinajstić information content (AvgIpc) is 2.64. The van der Waals surface area contributed by atoms with Crippen molar-refractivity contribution < 1.29 is 9.53 Å². The van der Waals surface area contributed by atoms with Gasteiger partial charge in [-0.3, -0.25) is 4.79 Å². The molecule has 0 N–H and O–H groups in total. The van der Waals surface area contributed by atoms with Crippen LogP contribution in [0.2, 0.25) is 0 Å². The molecule has 0 unspecified atom stereocenters. The van der Waals surface area contributed by atoms with E-state index in [1.807, 2.05) is 6.92 Å². The van der Waals surface area contributed by atoms with E-state index in [1.165, 1.54) is 25.7 Å². The SMILES string of the molecule is CCCCC/C=C\C/C=C\C/C=C\C/C=C\CCCCCC(=O)OCC. The Morgan fingerprint density at radius 1 is 0.654 bits per heavy atom. The van der Waals surface area contributed by atoms with Crippen molar-refractivity contribution in [2.24, 2.45) is 0 Å². The number of unbranched alkanes of at least 4 members (excludes halogenated alkanes) is 6. The van der Waals surface area contributed by atoms with Gasteiger partial charge in [-0.05, 0) is 58.3 Å². The monoisotopic (exact) mass is 360 g/mol. The smallest absolute Gasteiger partial charge is 0.305 e. The second-order valence-electron chi connectivity index (χ2n) is 6.49. The molecule has 0 aromatic carbocycles. The van der Waals surface area contributed by atoms with Gasteiger partial charge in [-0.15, -0.1) is 0 Å². The highest BCUT2D eigenvalue weighted by molar-refractivity contribution is 5.69. The van der Waals surface area contributed by atoms with Crippen LogP contribution in [-0.4, -0.2) is 12.6 Å². The van der Waals surface area contributed by atoms with Crippen molar-refractivity contribution in [3.63, 3.8) is 0 Å². The molecule has 0 aliphatic carbocycles. The lowest BCUT2D eigenvalue weighted by atomic mass is 10.1. The van der Waals surface area contributed by atoms with Gasteiger partial charge >= 0.3 is 5.97 Å². The van der Waals surface area contributed by atoms with Crippen molar-refractivity contribution in [2.75, 3.05) is 6.61 Å². The van der Waals surface area contributed by atoms with E-state index in [1.54, 1.807) is 0 Å². The molecule has 0 aromatic heterocycles. The van der Waals surface area contributed by atoms with E-state index in [9.17, 15) is 4.79 Å². The lowest BCUT2D eigenvalue weighted by Crippen LogP contribution is -2.02. The highest BCUT2D eigenvalue weighted by Gasteiger charge is 1.99. The number of carbonyl (C=O) groups is 1. The minimum atomic E-state index is -0.0646. The zero-order valence-corrected chi connectivity index (χ0v) is 17.1. The van der Waals surface area contributed by atoms with Gasteiger partial charge in [0.15, 0.2) is 0 Å². The standard InChI is InChI=1S/C24H40O2/c1-3-5-6-7-8-9-10-11-12-13-14-15-16-17-18-19-20-21-22-23-24(25)26-4-2/h8-9,11-12,14-15,17-18H,3-7,10,13,16,19-23H2,1-2H3/b9-8-,12-11-,15-14-,18-17-. The summed E-state index contributed by atoms with van der Waals surface area (Å²) in [7, 11) is 0. The topological polar surface area (TPSA) is 26.3 Å². The summed E-state index contributed by atoms with van der Waals surface area (Å²) in [5, 5.41) is 0. The van der Waals surface area contributed by atoms with Crippen LogP contribution in [0, 0.1) is 0 Å². The Bertz CT molecular complexity index is 416. The maximum atomic E-state index is 11.2. The minimum absolute atomic E-state index is 0.0646. The van der Waals surface area contributed by atoms with Crippen molar-refractivity contribution in [1.82, 2.24) is 0 Å². The average molecular weight is 361 g/mol. The molecule has 0 aliphatic heterocycles. The fourth-order valence-electron chi connectivity index (χ4n) is 2.50. The summed E-state index contributed by atoms with van der Waals surface area (Å²) in [6, 6.07) is 0. The van der Waals surface area contributed by atoms with Crippen LogP contribution in [-0.2, 0) is 9.53 Å². The Morgan fingerprint density at radius 3 is 1.65 bits per heavy atom. The molecule has 0 fully saturated rings. The maximum absolute atomic E-state index is 11.2. The Morgan fingerprint density at radius 2 is 1.15 bits per heavy atom. The number of hydrogen-bond acceptors (Lipinski definition) is 2. The molecule has 0 atom stereocenters. The summed E-state index contributed by atoms with van der Waals surface area (Å²) in [5.74, 6) is -0.0646. The largest absolute Gasteiger partial charge is 0.466 e. The Balaban J connectivity index is 3.40. The number of rotatable bonds is 17. The number of hydrogen-bond donors (Lipinski definition) is 0. The summed E-state index contributed by atoms with van der Waals surface area (Å²) < 4.78 is 4.91. The summed E-state index contributed by atoms with van der Waals surface area (Å²) in [5.41, 5.74) is 0. The van der Waals surface area contributed by atoms with Gasteiger partial charge in [-0.1, -0.05) is 74.8 Å². The van der Waals surface area contributed by atoms with Crippen molar-refractivity contribution >= 4 is 5.97 Å². The molecule has 148 valence electrons. The first-order chi connectivity index (χ1) is 12.8. The van der Waals surface area contributed by atoms with Crippen LogP contribution in [0.1, 0.15) is 90.9 Å². The third-order valence-corrected chi connectivity index (χ3v) is 4.01. The van der Waals surface area contributed by atoms with E-state index in [-0.39, 0.29) is 5.97 Å². The van der Waals surface area contributed by atoms with Crippen LogP contribution in [0.4, 0.5) is 0 Å². The Labute approximate surface area is 162 Å². The van der Waals surface area contributed by atoms with Gasteiger partial charge in [0.2, 0.25) is 0 Å². The van der Waals surface area contributed by atoms with E-state index in [0.717, 1.165) is 44.9 Å². The molecule has 0 amide bonds. The van der Waals surface area contributed by atoms with Crippen LogP contribution in [0.5, 0.6) is 0 Å². The maximum Gasteiger partial charge on any atom is 0.305 e. The predicted molar refractivity (Wildman–Crippen MR) is 114 cm³/mol. The molecular formula is C24H40O2. The van der Waals surface area contributed by atoms with E-state index in [4.69, 9.17) is 4.74 Å². The summed E-state index contributed by atoms with van der Waals surface area (Å²) >= 11 is 0. The second-order valence-corrected chi connectivity index (χ2v) is 6.49. The summed E-state index contributed by atoms with van der Waals surface area (Å²) in [6.45, 7) is 4.58. The van der Waals surface area contributed by atoms with Crippen molar-refractivity contribution in [3.8, 4) is 0 Å². The van der Waals surface area contributed by atoms with E-state index >= 15 is 0 Å². The zero-order chi connectivity index (χ0) is 19.1. The molecule has 0 saturated heterocycles. The fraction of sp³-hybridized carbons (Fsp3) is 0.625. The number of allylic oxidation sites excluding steroid dienone is 8. The van der Waals surface area contributed by atoms with Gasteiger partial charge in [0.1, 0.15) is 0 Å². The number of ether oxygens (including phenoxy) is 1. The quantitative estimate of drug-likeness (QED) is 0.153. The highest BCUT2D eigenvalue weighted by atomic mass is 16.5. The van der Waals surface area contributed by atoms with E-state index in [0.29, 0.717) is 13.0 Å². The molecule has 0 heterocycles. The van der Waals surface area contributed by atoms with Crippen LogP contribution >= 0.6 is 0 Å². The zero-order valence-electron chi connectivity index (χ0n) is 17.1. The van der Waals surface area contributed by atoms with Gasteiger partial charge in [-0.25, -0.2) is 0 Å². The van der Waals surface area contributed by atoms with Crippen molar-refractivity contribution in [3.05, 3.63) is 48.6 Å².